The molecule has 1 aliphatic carbocycles. The van der Waals surface area contributed by atoms with Crippen molar-refractivity contribution >= 4 is 39.0 Å². The Labute approximate surface area is 217 Å². The molecule has 1 heterocycles. The molecule has 10 nitrogen and oxygen atoms in total. The molecule has 0 amide bonds. The van der Waals surface area contributed by atoms with E-state index in [9.17, 15) is 42.8 Å². The number of benzene rings is 2. The summed E-state index contributed by atoms with van der Waals surface area (Å²) in [6, 6.07) is 10.2. The number of hydrogen-bond acceptors (Lipinski definition) is 9. The minimum absolute atomic E-state index is 0.152. The fourth-order valence-electron chi connectivity index (χ4n) is 4.42. The predicted molar refractivity (Wildman–Crippen MR) is 131 cm³/mol. The van der Waals surface area contributed by atoms with Crippen molar-refractivity contribution < 1.29 is 52.3 Å². The van der Waals surface area contributed by atoms with Crippen LogP contribution >= 0.6 is 0 Å². The first kappa shape index (κ1) is 27.6. The van der Waals surface area contributed by atoms with E-state index >= 15 is 0 Å². The summed E-state index contributed by atoms with van der Waals surface area (Å²) in [7, 11) is -3.38. The Hall–Kier alpha value is -3.42. The molecule has 2 aromatic rings. The lowest BCUT2D eigenvalue weighted by Gasteiger charge is -2.38. The Morgan fingerprint density at radius 1 is 1.03 bits per heavy atom. The summed E-state index contributed by atoms with van der Waals surface area (Å²) < 4.78 is 47.8. The predicted octanol–water partition coefficient (Wildman–Crippen LogP) is 1.38. The first-order chi connectivity index (χ1) is 17.8. The fourth-order valence-corrected chi connectivity index (χ4v) is 5.05. The molecule has 5 unspecified atom stereocenters. The maximum absolute atomic E-state index is 14.2. The number of allylic oxidation sites excluding steroid dienone is 2. The van der Waals surface area contributed by atoms with Gasteiger partial charge in [-0.05, 0) is 70.7 Å². The summed E-state index contributed by atoms with van der Waals surface area (Å²) in [5, 5.41) is 39.0. The summed E-state index contributed by atoms with van der Waals surface area (Å²) in [5.74, 6) is -3.12. The lowest BCUT2D eigenvalue weighted by Crippen LogP contribution is -2.60. The van der Waals surface area contributed by atoms with Gasteiger partial charge < -0.3 is 29.9 Å². The number of rotatable bonds is 6. The lowest BCUT2D eigenvalue weighted by molar-refractivity contribution is -0.286. The maximum Gasteiger partial charge on any atom is 0.335 e. The number of aliphatic hydroxyl groups is 3. The Morgan fingerprint density at radius 2 is 1.68 bits per heavy atom. The van der Waals surface area contributed by atoms with Crippen LogP contribution in [0.1, 0.15) is 30.0 Å². The summed E-state index contributed by atoms with van der Waals surface area (Å²) in [6.45, 7) is 1.71. The van der Waals surface area contributed by atoms with Crippen molar-refractivity contribution in [2.24, 2.45) is 0 Å². The molecule has 0 bridgehead atoms. The average molecular weight is 549 g/mol. The quantitative estimate of drug-likeness (QED) is 0.387. The van der Waals surface area contributed by atoms with Crippen LogP contribution in [-0.4, -0.2) is 77.7 Å². The van der Waals surface area contributed by atoms with E-state index in [2.05, 4.69) is 0 Å². The monoisotopic (exact) mass is 548 g/mol. The molecule has 0 radical (unpaired) electrons. The number of aliphatic carboxylic acids is 1. The van der Waals surface area contributed by atoms with E-state index in [-0.39, 0.29) is 4.90 Å². The second-order valence-electron chi connectivity index (χ2n) is 9.09. The molecule has 0 aromatic heterocycles. The molecule has 4 rings (SSSR count). The number of carboxylic acid groups (broad SMARTS) is 1. The van der Waals surface area contributed by atoms with Crippen LogP contribution in [0.2, 0.25) is 0 Å². The van der Waals surface area contributed by atoms with Gasteiger partial charge in [-0.2, -0.15) is 0 Å². The molecular weight excluding hydrogens is 523 g/mol. The van der Waals surface area contributed by atoms with E-state index in [1.165, 1.54) is 24.3 Å². The number of aliphatic hydroxyl groups excluding tert-OH is 3. The zero-order chi connectivity index (χ0) is 27.9. The van der Waals surface area contributed by atoms with Gasteiger partial charge in [-0.25, -0.2) is 17.6 Å². The van der Waals surface area contributed by atoms with E-state index in [0.717, 1.165) is 6.26 Å². The van der Waals surface area contributed by atoms with Crippen LogP contribution in [0.3, 0.4) is 0 Å². The highest BCUT2D eigenvalue weighted by atomic mass is 32.2. The number of carboxylic acids is 1. The van der Waals surface area contributed by atoms with Gasteiger partial charge >= 0.3 is 11.9 Å². The normalized spacial score (nSPS) is 26.4. The number of hydrogen-bond donors (Lipinski definition) is 4. The number of esters is 1. The third-order valence-corrected chi connectivity index (χ3v) is 7.58. The summed E-state index contributed by atoms with van der Waals surface area (Å²) in [6.07, 6.45) is -7.12. The summed E-state index contributed by atoms with van der Waals surface area (Å²) in [5.41, 5.74) is 3.38. The number of carbonyl (C=O) groups excluding carboxylic acids is 1. The van der Waals surface area contributed by atoms with Gasteiger partial charge in [0.1, 0.15) is 24.1 Å². The van der Waals surface area contributed by atoms with Gasteiger partial charge in [-0.3, -0.25) is 4.79 Å². The standard InChI is InChI=1S/C26H25FO10S/c1-12-17(9-13-3-6-15(7-4-13)38(2,34)35)16-8-5-14(27)10-19(16)18(12)11-20(28)36-26-23(31)21(29)22(30)24(37-26)25(32)33/h3-10,21-24,26,29-31H,11H2,1-2H3,(H,32,33)/b17-9+. The molecule has 5 atom stereocenters. The number of carbonyl (C=O) groups is 2. The van der Waals surface area contributed by atoms with Crippen molar-refractivity contribution in [2.75, 3.05) is 6.26 Å². The third kappa shape index (κ3) is 5.40. The van der Waals surface area contributed by atoms with Crippen LogP contribution in [0.15, 0.2) is 52.9 Å². The molecule has 0 saturated carbocycles. The van der Waals surface area contributed by atoms with Crippen molar-refractivity contribution in [3.63, 3.8) is 0 Å². The van der Waals surface area contributed by atoms with Crippen LogP contribution in [0, 0.1) is 5.82 Å². The third-order valence-electron chi connectivity index (χ3n) is 6.45. The van der Waals surface area contributed by atoms with E-state index in [1.54, 1.807) is 31.2 Å². The average Bonchev–Trinajstić information content (AvgIpc) is 3.09. The van der Waals surface area contributed by atoms with Gasteiger partial charge in [0.25, 0.3) is 0 Å². The fraction of sp³-hybridized carbons (Fsp3) is 0.308. The SMILES string of the molecule is CC1=C(CC(=O)OC2OC(C(=O)O)C(O)C(O)C2O)c2cc(F)ccc2/C1=C/c1ccc(S(C)(=O)=O)cc1. The lowest BCUT2D eigenvalue weighted by atomic mass is 9.99. The molecular formula is C26H25FO10S. The molecule has 4 N–H and O–H groups in total. The topological polar surface area (TPSA) is 168 Å². The maximum atomic E-state index is 14.2. The summed E-state index contributed by atoms with van der Waals surface area (Å²) >= 11 is 0. The molecule has 0 spiro atoms. The minimum atomic E-state index is -3.38. The summed E-state index contributed by atoms with van der Waals surface area (Å²) in [4.78, 5) is 24.3. The number of fused-ring (bicyclic) bond motifs is 1. The number of halogens is 1. The van der Waals surface area contributed by atoms with Gasteiger partial charge in [-0.1, -0.05) is 18.2 Å². The van der Waals surface area contributed by atoms with Gasteiger partial charge in [0.15, 0.2) is 15.9 Å². The molecule has 1 fully saturated rings. The van der Waals surface area contributed by atoms with Crippen LogP contribution in [0.5, 0.6) is 0 Å². The smallest absolute Gasteiger partial charge is 0.335 e. The molecule has 202 valence electrons. The molecule has 1 aliphatic heterocycles. The van der Waals surface area contributed by atoms with Crippen molar-refractivity contribution in [3.8, 4) is 0 Å². The first-order valence-corrected chi connectivity index (χ1v) is 13.3. The van der Waals surface area contributed by atoms with Crippen molar-refractivity contribution in [3.05, 3.63) is 70.5 Å². The number of ether oxygens (including phenoxy) is 2. The van der Waals surface area contributed by atoms with Crippen molar-refractivity contribution in [1.29, 1.82) is 0 Å². The molecule has 2 aromatic carbocycles. The van der Waals surface area contributed by atoms with E-state index in [0.29, 0.717) is 33.4 Å². The highest BCUT2D eigenvalue weighted by Crippen LogP contribution is 2.44. The second kappa shape index (κ2) is 10.4. The highest BCUT2D eigenvalue weighted by molar-refractivity contribution is 7.90. The van der Waals surface area contributed by atoms with Crippen LogP contribution in [0.4, 0.5) is 4.39 Å². The van der Waals surface area contributed by atoms with E-state index in [1.807, 2.05) is 0 Å². The van der Waals surface area contributed by atoms with Crippen LogP contribution < -0.4 is 0 Å². The van der Waals surface area contributed by atoms with Crippen molar-refractivity contribution in [1.82, 2.24) is 0 Å². The Balaban J connectivity index is 1.62. The first-order valence-electron chi connectivity index (χ1n) is 11.4. The Bertz CT molecular complexity index is 1440. The van der Waals surface area contributed by atoms with Gasteiger partial charge in [-0.15, -0.1) is 0 Å². The molecule has 38 heavy (non-hydrogen) atoms. The largest absolute Gasteiger partial charge is 0.479 e. The van der Waals surface area contributed by atoms with Gasteiger partial charge in [0, 0.05) is 6.26 Å². The molecule has 2 aliphatic rings. The van der Waals surface area contributed by atoms with Gasteiger partial charge in [0.05, 0.1) is 11.3 Å². The van der Waals surface area contributed by atoms with Crippen molar-refractivity contribution in [2.45, 2.75) is 48.9 Å². The van der Waals surface area contributed by atoms with Gasteiger partial charge in [0.2, 0.25) is 6.29 Å². The Kier molecular flexibility index (Phi) is 7.55. The zero-order valence-electron chi connectivity index (χ0n) is 20.2. The van der Waals surface area contributed by atoms with Crippen LogP contribution in [-0.2, 0) is 28.9 Å². The Morgan fingerprint density at radius 3 is 2.29 bits per heavy atom. The van der Waals surface area contributed by atoms with E-state index < -0.39 is 64.7 Å². The van der Waals surface area contributed by atoms with Crippen LogP contribution in [0.25, 0.3) is 17.2 Å². The zero-order valence-corrected chi connectivity index (χ0v) is 21.1. The highest BCUT2D eigenvalue weighted by Gasteiger charge is 2.48. The number of sulfone groups is 1. The minimum Gasteiger partial charge on any atom is -0.479 e. The second-order valence-corrected chi connectivity index (χ2v) is 11.1. The molecule has 1 saturated heterocycles. The van der Waals surface area contributed by atoms with E-state index in [4.69, 9.17) is 9.47 Å². The molecule has 12 heteroatoms.